The lowest BCUT2D eigenvalue weighted by Crippen LogP contribution is -2.43. The number of imide groups is 1. The smallest absolute Gasteiger partial charge is 0.333 e. The zero-order valence-electron chi connectivity index (χ0n) is 16.6. The number of rotatable bonds is 14. The van der Waals surface area contributed by atoms with Gasteiger partial charge in [0.25, 0.3) is 17.7 Å². The molecule has 0 spiro atoms. The topological polar surface area (TPSA) is 92.8 Å². The summed E-state index contributed by atoms with van der Waals surface area (Å²) in [5, 5.41) is 3.15. The average molecular weight is 398 g/mol. The van der Waals surface area contributed by atoms with Crippen molar-refractivity contribution in [3.05, 3.63) is 12.7 Å². The number of carbonyl (C=O) groups excluding carboxylic acids is 4. The fourth-order valence-electron chi connectivity index (χ4n) is 2.93. The van der Waals surface area contributed by atoms with Crippen LogP contribution in [0.4, 0.5) is 4.39 Å². The quantitative estimate of drug-likeness (QED) is 0.276. The fourth-order valence-corrected chi connectivity index (χ4v) is 2.93. The summed E-state index contributed by atoms with van der Waals surface area (Å²) in [4.78, 5) is 51.3. The Hall–Kier alpha value is -2.25. The van der Waals surface area contributed by atoms with E-state index in [1.165, 1.54) is 6.08 Å². The molecule has 0 aliphatic carbocycles. The number of hydrogen-bond donors (Lipinski definition) is 1. The van der Waals surface area contributed by atoms with Crippen LogP contribution in [0.2, 0.25) is 0 Å². The highest BCUT2D eigenvalue weighted by Crippen LogP contribution is 2.25. The van der Waals surface area contributed by atoms with Gasteiger partial charge in [-0.05, 0) is 25.7 Å². The Morgan fingerprint density at radius 2 is 1.86 bits per heavy atom. The van der Waals surface area contributed by atoms with Crippen molar-refractivity contribution in [2.45, 2.75) is 83.2 Å². The minimum Gasteiger partial charge on any atom is -0.353 e. The molecule has 1 saturated heterocycles. The second-order valence-corrected chi connectivity index (χ2v) is 7.03. The molecule has 3 amide bonds. The van der Waals surface area contributed by atoms with Gasteiger partial charge in [-0.1, -0.05) is 32.3 Å². The maximum atomic E-state index is 14.8. The van der Waals surface area contributed by atoms with Crippen molar-refractivity contribution in [3.8, 4) is 0 Å². The predicted octanol–water partition coefficient (Wildman–Crippen LogP) is 3.13. The van der Waals surface area contributed by atoms with Crippen molar-refractivity contribution in [1.82, 2.24) is 10.4 Å². The van der Waals surface area contributed by atoms with Crippen molar-refractivity contribution >= 4 is 23.7 Å². The van der Waals surface area contributed by atoms with Crippen molar-refractivity contribution < 1.29 is 28.4 Å². The number of unbranched alkanes of at least 4 members (excludes halogenated alkanes) is 4. The Kier molecular flexibility index (Phi) is 10.4. The van der Waals surface area contributed by atoms with Crippen LogP contribution in [0.25, 0.3) is 0 Å². The Labute approximate surface area is 165 Å². The van der Waals surface area contributed by atoms with Crippen LogP contribution in [-0.2, 0) is 24.0 Å². The van der Waals surface area contributed by atoms with E-state index in [-0.39, 0.29) is 32.1 Å². The van der Waals surface area contributed by atoms with Crippen LogP contribution < -0.4 is 5.32 Å². The van der Waals surface area contributed by atoms with Gasteiger partial charge in [0.2, 0.25) is 0 Å². The molecule has 1 heterocycles. The number of amides is 3. The van der Waals surface area contributed by atoms with E-state index in [9.17, 15) is 23.6 Å². The third-order valence-corrected chi connectivity index (χ3v) is 4.59. The number of alkyl halides is 1. The molecular formula is C20H31FN2O5. The molecule has 1 fully saturated rings. The summed E-state index contributed by atoms with van der Waals surface area (Å²) < 4.78 is 14.8. The molecule has 1 aliphatic rings. The lowest BCUT2D eigenvalue weighted by atomic mass is 9.93. The van der Waals surface area contributed by atoms with Gasteiger partial charge in [0.05, 0.1) is 0 Å². The van der Waals surface area contributed by atoms with E-state index in [2.05, 4.69) is 11.9 Å². The normalized spacial score (nSPS) is 16.0. The minimum absolute atomic E-state index is 0.0116. The zero-order chi connectivity index (χ0) is 21.0. The van der Waals surface area contributed by atoms with Gasteiger partial charge in [-0.3, -0.25) is 14.4 Å². The van der Waals surface area contributed by atoms with Crippen LogP contribution in [0, 0.1) is 0 Å². The number of carbonyl (C=O) groups is 4. The van der Waals surface area contributed by atoms with Crippen molar-refractivity contribution in [3.63, 3.8) is 0 Å². The van der Waals surface area contributed by atoms with Crippen LogP contribution in [0.1, 0.15) is 77.6 Å². The van der Waals surface area contributed by atoms with E-state index in [1.54, 1.807) is 0 Å². The van der Waals surface area contributed by atoms with Crippen LogP contribution in [0.15, 0.2) is 12.7 Å². The molecule has 1 N–H and O–H groups in total. The maximum Gasteiger partial charge on any atom is 0.333 e. The summed E-state index contributed by atoms with van der Waals surface area (Å²) in [7, 11) is 0. The van der Waals surface area contributed by atoms with Gasteiger partial charge in [-0.2, -0.15) is 0 Å². The highest BCUT2D eigenvalue weighted by atomic mass is 19.1. The number of hydroxylamine groups is 2. The van der Waals surface area contributed by atoms with Gasteiger partial charge < -0.3 is 10.2 Å². The third-order valence-electron chi connectivity index (χ3n) is 4.59. The lowest BCUT2D eigenvalue weighted by molar-refractivity contribution is -0.197. The van der Waals surface area contributed by atoms with E-state index < -0.39 is 29.4 Å². The molecule has 0 aromatic rings. The summed E-state index contributed by atoms with van der Waals surface area (Å²) >= 11 is 0. The standard InChI is InChI=1S/C20H31FN2O5/c1-3-5-8-14-20(21,13-4-2)19(27)22-15-9-6-7-10-18(26)28-23-16(24)11-12-17(23)25/h4H,2-3,5-15H2,1H3,(H,22,27). The van der Waals surface area contributed by atoms with E-state index >= 15 is 0 Å². The number of halogens is 1. The zero-order valence-corrected chi connectivity index (χ0v) is 16.6. The Bertz CT molecular complexity index is 565. The molecule has 0 bridgehead atoms. The van der Waals surface area contributed by atoms with Gasteiger partial charge in [0.15, 0.2) is 5.67 Å². The first-order chi connectivity index (χ1) is 13.3. The van der Waals surface area contributed by atoms with Crippen LogP contribution in [-0.4, -0.2) is 41.0 Å². The van der Waals surface area contributed by atoms with Crippen molar-refractivity contribution in [2.24, 2.45) is 0 Å². The SMILES string of the molecule is C=CCC(F)(CCCCC)C(=O)NCCCCCC(=O)ON1C(=O)CCC1=O. The third kappa shape index (κ3) is 7.78. The largest absolute Gasteiger partial charge is 0.353 e. The van der Waals surface area contributed by atoms with E-state index in [0.717, 1.165) is 12.8 Å². The Morgan fingerprint density at radius 1 is 1.18 bits per heavy atom. The molecule has 7 nitrogen and oxygen atoms in total. The fraction of sp³-hybridized carbons (Fsp3) is 0.700. The van der Waals surface area contributed by atoms with Gasteiger partial charge in [0.1, 0.15) is 0 Å². The predicted molar refractivity (Wildman–Crippen MR) is 101 cm³/mol. The van der Waals surface area contributed by atoms with Gasteiger partial charge in [-0.25, -0.2) is 9.18 Å². The second-order valence-electron chi connectivity index (χ2n) is 7.03. The lowest BCUT2D eigenvalue weighted by Gasteiger charge is -2.23. The van der Waals surface area contributed by atoms with Gasteiger partial charge >= 0.3 is 5.97 Å². The van der Waals surface area contributed by atoms with Crippen LogP contribution in [0.3, 0.4) is 0 Å². The Balaban J connectivity index is 2.21. The molecule has 1 aliphatic heterocycles. The highest BCUT2D eigenvalue weighted by Gasteiger charge is 2.36. The first-order valence-corrected chi connectivity index (χ1v) is 9.98. The van der Waals surface area contributed by atoms with Crippen LogP contribution in [0.5, 0.6) is 0 Å². The average Bonchev–Trinajstić information content (AvgIpc) is 2.96. The number of allylic oxidation sites excluding steroid dienone is 1. The monoisotopic (exact) mass is 398 g/mol. The summed E-state index contributed by atoms with van der Waals surface area (Å²) in [5.74, 6) is -2.27. The molecule has 28 heavy (non-hydrogen) atoms. The molecule has 1 rings (SSSR count). The van der Waals surface area contributed by atoms with E-state index in [1.807, 2.05) is 6.92 Å². The molecular weight excluding hydrogens is 367 g/mol. The number of nitrogens with one attached hydrogen (secondary N) is 1. The van der Waals surface area contributed by atoms with Gasteiger partial charge in [0, 0.05) is 32.2 Å². The molecule has 1 atom stereocenters. The molecule has 1 unspecified atom stereocenters. The molecule has 158 valence electrons. The molecule has 8 heteroatoms. The first kappa shape index (κ1) is 23.8. The molecule has 0 aromatic heterocycles. The number of nitrogens with zero attached hydrogens (tertiary/aromatic N) is 1. The summed E-state index contributed by atoms with van der Waals surface area (Å²) in [6, 6.07) is 0. The summed E-state index contributed by atoms with van der Waals surface area (Å²) in [6.45, 7) is 5.86. The van der Waals surface area contributed by atoms with Crippen LogP contribution >= 0.6 is 0 Å². The van der Waals surface area contributed by atoms with E-state index in [4.69, 9.17) is 4.84 Å². The molecule has 0 radical (unpaired) electrons. The van der Waals surface area contributed by atoms with Crippen molar-refractivity contribution in [1.29, 1.82) is 0 Å². The summed E-state index contributed by atoms with van der Waals surface area (Å²) in [6.07, 6.45) is 5.94. The van der Waals surface area contributed by atoms with Gasteiger partial charge in [-0.15, -0.1) is 11.6 Å². The maximum absolute atomic E-state index is 14.8. The van der Waals surface area contributed by atoms with E-state index in [0.29, 0.717) is 37.3 Å². The minimum atomic E-state index is -1.92. The Morgan fingerprint density at radius 3 is 2.46 bits per heavy atom. The summed E-state index contributed by atoms with van der Waals surface area (Å²) in [5.41, 5.74) is -1.92. The molecule has 0 aromatic carbocycles. The van der Waals surface area contributed by atoms with Crippen molar-refractivity contribution in [2.75, 3.05) is 6.54 Å². The first-order valence-electron chi connectivity index (χ1n) is 9.98. The highest BCUT2D eigenvalue weighted by molar-refractivity contribution is 6.01. The second kappa shape index (κ2) is 12.3. The molecule has 0 saturated carbocycles. The number of hydrogen-bond acceptors (Lipinski definition) is 5.